The Balaban J connectivity index is 2.82. The van der Waals surface area contributed by atoms with Gasteiger partial charge in [0.15, 0.2) is 5.69 Å². The number of carbonyl (C=O) groups is 2. The molecule has 112 valence electrons. The lowest BCUT2D eigenvalue weighted by Crippen LogP contribution is -2.38. The summed E-state index contributed by atoms with van der Waals surface area (Å²) in [4.78, 5) is 22.9. The maximum absolute atomic E-state index is 11.8. The number of nitrogens with zero attached hydrogens (tertiary/aromatic N) is 3. The first kappa shape index (κ1) is 16.1. The monoisotopic (exact) mass is 284 g/mol. The van der Waals surface area contributed by atoms with Gasteiger partial charge in [-0.2, -0.15) is 0 Å². The number of carbonyl (C=O) groups excluding carboxylic acids is 1. The summed E-state index contributed by atoms with van der Waals surface area (Å²) >= 11 is 0. The molecule has 1 unspecified atom stereocenters. The second-order valence-corrected chi connectivity index (χ2v) is 4.86. The number of rotatable bonds is 7. The molecule has 2 N–H and O–H groups in total. The van der Waals surface area contributed by atoms with Gasteiger partial charge in [0.2, 0.25) is 5.91 Å². The average molecular weight is 284 g/mol. The van der Waals surface area contributed by atoms with Gasteiger partial charge in [0.25, 0.3) is 0 Å². The Hall–Kier alpha value is -1.96. The minimum atomic E-state index is -1.15. The molecule has 0 aromatic carbocycles. The van der Waals surface area contributed by atoms with E-state index in [2.05, 4.69) is 15.6 Å². The van der Waals surface area contributed by atoms with Crippen molar-refractivity contribution in [2.24, 2.45) is 0 Å². The highest BCUT2D eigenvalue weighted by atomic mass is 16.5. The van der Waals surface area contributed by atoms with Gasteiger partial charge in [-0.25, -0.2) is 9.48 Å². The van der Waals surface area contributed by atoms with E-state index in [-0.39, 0.29) is 30.1 Å². The van der Waals surface area contributed by atoms with Crippen molar-refractivity contribution in [3.63, 3.8) is 0 Å². The van der Waals surface area contributed by atoms with Gasteiger partial charge in [0, 0.05) is 13.2 Å². The lowest BCUT2D eigenvalue weighted by Gasteiger charge is -2.14. The van der Waals surface area contributed by atoms with Crippen LogP contribution in [0.4, 0.5) is 0 Å². The highest BCUT2D eigenvalue weighted by Crippen LogP contribution is 2.17. The van der Waals surface area contributed by atoms with Gasteiger partial charge in [0.1, 0.15) is 6.54 Å². The average Bonchev–Trinajstić information content (AvgIpc) is 2.72. The first-order chi connectivity index (χ1) is 9.36. The van der Waals surface area contributed by atoms with Crippen LogP contribution < -0.4 is 5.32 Å². The molecule has 0 radical (unpaired) electrons. The maximum Gasteiger partial charge on any atom is 0.358 e. The largest absolute Gasteiger partial charge is 0.476 e. The molecule has 1 heterocycles. The van der Waals surface area contributed by atoms with E-state index in [0.29, 0.717) is 12.3 Å². The minimum Gasteiger partial charge on any atom is -0.476 e. The molecule has 1 aromatic heterocycles. The number of nitrogens with one attached hydrogen (secondary N) is 1. The Morgan fingerprint density at radius 3 is 2.55 bits per heavy atom. The lowest BCUT2D eigenvalue weighted by molar-refractivity contribution is -0.122. The van der Waals surface area contributed by atoms with Crippen LogP contribution >= 0.6 is 0 Å². The molecule has 1 amide bonds. The summed E-state index contributed by atoms with van der Waals surface area (Å²) in [6.45, 7) is 5.80. The van der Waals surface area contributed by atoms with Crippen LogP contribution in [0.2, 0.25) is 0 Å². The molecule has 0 bridgehead atoms. The van der Waals surface area contributed by atoms with E-state index in [4.69, 9.17) is 9.84 Å². The second-order valence-electron chi connectivity index (χ2n) is 4.86. The Labute approximate surface area is 117 Å². The SMILES string of the molecule is COCC(C)NC(=O)Cn1nnc(C(=O)O)c1C(C)C. The van der Waals surface area contributed by atoms with E-state index in [1.54, 1.807) is 7.11 Å². The molecule has 0 aliphatic rings. The highest BCUT2D eigenvalue weighted by molar-refractivity contribution is 5.86. The Morgan fingerprint density at radius 2 is 2.05 bits per heavy atom. The molecule has 0 fully saturated rings. The highest BCUT2D eigenvalue weighted by Gasteiger charge is 2.22. The summed E-state index contributed by atoms with van der Waals surface area (Å²) in [7, 11) is 1.55. The molecule has 1 rings (SSSR count). The van der Waals surface area contributed by atoms with Crippen molar-refractivity contribution < 1.29 is 19.4 Å². The molecule has 8 nitrogen and oxygen atoms in total. The molecule has 0 aliphatic carbocycles. The predicted molar refractivity (Wildman–Crippen MR) is 70.6 cm³/mol. The summed E-state index contributed by atoms with van der Waals surface area (Å²) < 4.78 is 6.25. The minimum absolute atomic E-state index is 0.0676. The zero-order valence-corrected chi connectivity index (χ0v) is 12.1. The van der Waals surface area contributed by atoms with Crippen molar-refractivity contribution in [3.8, 4) is 0 Å². The van der Waals surface area contributed by atoms with Gasteiger partial charge in [-0.1, -0.05) is 19.1 Å². The number of amides is 1. The van der Waals surface area contributed by atoms with Gasteiger partial charge in [-0.3, -0.25) is 4.79 Å². The van der Waals surface area contributed by atoms with Crippen molar-refractivity contribution >= 4 is 11.9 Å². The topological polar surface area (TPSA) is 106 Å². The Morgan fingerprint density at radius 1 is 1.40 bits per heavy atom. The van der Waals surface area contributed by atoms with Crippen LogP contribution in [-0.4, -0.2) is 51.7 Å². The molecule has 0 saturated carbocycles. The van der Waals surface area contributed by atoms with Gasteiger partial charge in [-0.15, -0.1) is 5.10 Å². The van der Waals surface area contributed by atoms with Crippen molar-refractivity contribution in [1.29, 1.82) is 0 Å². The van der Waals surface area contributed by atoms with E-state index in [1.807, 2.05) is 20.8 Å². The summed E-state index contributed by atoms with van der Waals surface area (Å²) in [6, 6.07) is -0.127. The third-order valence-corrected chi connectivity index (χ3v) is 2.64. The number of hydrogen-bond donors (Lipinski definition) is 2. The molecular formula is C12H20N4O4. The maximum atomic E-state index is 11.8. The van der Waals surface area contributed by atoms with E-state index in [1.165, 1.54) is 4.68 Å². The molecule has 1 atom stereocenters. The van der Waals surface area contributed by atoms with Crippen molar-refractivity contribution in [1.82, 2.24) is 20.3 Å². The molecule has 0 aliphatic heterocycles. The Bertz CT molecular complexity index is 484. The standard InChI is InChI=1S/C12H20N4O4/c1-7(2)11-10(12(18)19)14-15-16(11)5-9(17)13-8(3)6-20-4/h7-8H,5-6H2,1-4H3,(H,13,17)(H,18,19). The van der Waals surface area contributed by atoms with Gasteiger partial charge in [-0.05, 0) is 12.8 Å². The normalized spacial score (nSPS) is 12.4. The van der Waals surface area contributed by atoms with Crippen LogP contribution in [0, 0.1) is 0 Å². The summed E-state index contributed by atoms with van der Waals surface area (Å²) in [5.41, 5.74) is 0.324. The fourth-order valence-corrected chi connectivity index (χ4v) is 1.91. The van der Waals surface area contributed by atoms with Crippen LogP contribution in [0.5, 0.6) is 0 Å². The molecular weight excluding hydrogens is 264 g/mol. The van der Waals surface area contributed by atoms with Crippen molar-refractivity contribution in [2.75, 3.05) is 13.7 Å². The third kappa shape index (κ3) is 4.02. The summed E-state index contributed by atoms with van der Waals surface area (Å²) in [5, 5.41) is 19.1. The number of aromatic nitrogens is 3. The van der Waals surface area contributed by atoms with E-state index in [9.17, 15) is 9.59 Å². The second kappa shape index (κ2) is 6.99. The molecule has 20 heavy (non-hydrogen) atoms. The van der Waals surface area contributed by atoms with Crippen LogP contribution in [-0.2, 0) is 16.1 Å². The van der Waals surface area contributed by atoms with E-state index >= 15 is 0 Å². The van der Waals surface area contributed by atoms with Crippen LogP contribution in [0.15, 0.2) is 0 Å². The summed E-state index contributed by atoms with van der Waals surface area (Å²) in [5.74, 6) is -1.51. The van der Waals surface area contributed by atoms with Gasteiger partial charge in [0.05, 0.1) is 12.3 Å². The summed E-state index contributed by atoms with van der Waals surface area (Å²) in [6.07, 6.45) is 0. The number of aromatic carboxylic acids is 1. The van der Waals surface area contributed by atoms with E-state index in [0.717, 1.165) is 0 Å². The molecule has 1 aromatic rings. The number of ether oxygens (including phenoxy) is 1. The zero-order chi connectivity index (χ0) is 15.3. The fraction of sp³-hybridized carbons (Fsp3) is 0.667. The van der Waals surface area contributed by atoms with Crippen LogP contribution in [0.25, 0.3) is 0 Å². The Kier molecular flexibility index (Phi) is 5.63. The molecule has 0 spiro atoms. The number of carboxylic acid groups (broad SMARTS) is 1. The number of hydrogen-bond acceptors (Lipinski definition) is 5. The smallest absolute Gasteiger partial charge is 0.358 e. The van der Waals surface area contributed by atoms with Gasteiger partial charge < -0.3 is 15.2 Å². The van der Waals surface area contributed by atoms with Crippen LogP contribution in [0.1, 0.15) is 42.9 Å². The predicted octanol–water partition coefficient (Wildman–Crippen LogP) is 0.251. The van der Waals surface area contributed by atoms with Crippen LogP contribution in [0.3, 0.4) is 0 Å². The third-order valence-electron chi connectivity index (χ3n) is 2.64. The zero-order valence-electron chi connectivity index (χ0n) is 12.1. The quantitative estimate of drug-likeness (QED) is 0.743. The molecule has 0 saturated heterocycles. The first-order valence-electron chi connectivity index (χ1n) is 6.31. The first-order valence-corrected chi connectivity index (χ1v) is 6.31. The molecule has 8 heteroatoms. The van der Waals surface area contributed by atoms with Crippen molar-refractivity contribution in [2.45, 2.75) is 39.3 Å². The fourth-order valence-electron chi connectivity index (χ4n) is 1.91. The lowest BCUT2D eigenvalue weighted by atomic mass is 10.1. The van der Waals surface area contributed by atoms with Gasteiger partial charge >= 0.3 is 5.97 Å². The number of methoxy groups -OCH3 is 1. The van der Waals surface area contributed by atoms with E-state index < -0.39 is 5.97 Å². The van der Waals surface area contributed by atoms with Crippen molar-refractivity contribution in [3.05, 3.63) is 11.4 Å². The number of carboxylic acids is 1.